The normalized spacial score (nSPS) is 10.5. The lowest BCUT2D eigenvalue weighted by molar-refractivity contribution is 0.303. The number of ether oxygens (including phenoxy) is 2. The molecule has 0 aliphatic rings. The molecule has 0 bridgehead atoms. The summed E-state index contributed by atoms with van der Waals surface area (Å²) >= 11 is 1.57. The molecule has 2 aromatic rings. The maximum Gasteiger partial charge on any atom is 0.167 e. The van der Waals surface area contributed by atoms with Gasteiger partial charge in [-0.2, -0.15) is 0 Å². The zero-order valence-corrected chi connectivity index (χ0v) is 11.6. The second kappa shape index (κ2) is 5.88. The smallest absolute Gasteiger partial charge is 0.167 e. The Morgan fingerprint density at radius 3 is 2.79 bits per heavy atom. The van der Waals surface area contributed by atoms with Gasteiger partial charge in [-0.1, -0.05) is 0 Å². The SMILES string of the molecule is COc1cc(OCCc2scnc2C)c(F)cc1N. The maximum absolute atomic E-state index is 13.6. The van der Waals surface area contributed by atoms with Crippen LogP contribution in [0, 0.1) is 12.7 Å². The van der Waals surface area contributed by atoms with Crippen molar-refractivity contribution >= 4 is 17.0 Å². The van der Waals surface area contributed by atoms with Gasteiger partial charge in [0.1, 0.15) is 5.75 Å². The van der Waals surface area contributed by atoms with Crippen LogP contribution >= 0.6 is 11.3 Å². The number of nitrogen functional groups attached to an aromatic ring is 1. The van der Waals surface area contributed by atoms with Crippen LogP contribution < -0.4 is 15.2 Å². The Balaban J connectivity index is 2.01. The van der Waals surface area contributed by atoms with Crippen LogP contribution in [0.25, 0.3) is 0 Å². The van der Waals surface area contributed by atoms with E-state index in [2.05, 4.69) is 4.98 Å². The Labute approximate surface area is 115 Å². The molecule has 0 aliphatic carbocycles. The highest BCUT2D eigenvalue weighted by molar-refractivity contribution is 7.09. The van der Waals surface area contributed by atoms with Crippen molar-refractivity contribution in [2.75, 3.05) is 19.5 Å². The van der Waals surface area contributed by atoms with E-state index in [1.54, 1.807) is 16.8 Å². The van der Waals surface area contributed by atoms with Gasteiger partial charge in [-0.15, -0.1) is 11.3 Å². The summed E-state index contributed by atoms with van der Waals surface area (Å²) in [5.41, 5.74) is 8.63. The first-order valence-corrected chi connectivity index (χ1v) is 6.64. The molecule has 0 radical (unpaired) electrons. The second-order valence-corrected chi connectivity index (χ2v) is 4.92. The molecule has 0 saturated carbocycles. The summed E-state index contributed by atoms with van der Waals surface area (Å²) in [6, 6.07) is 2.66. The predicted molar refractivity (Wildman–Crippen MR) is 73.4 cm³/mol. The first-order valence-electron chi connectivity index (χ1n) is 5.76. The minimum atomic E-state index is -0.487. The Bertz CT molecular complexity index is 572. The lowest BCUT2D eigenvalue weighted by atomic mass is 10.2. The monoisotopic (exact) mass is 282 g/mol. The summed E-state index contributed by atoms with van der Waals surface area (Å²) in [4.78, 5) is 5.29. The third-order valence-electron chi connectivity index (χ3n) is 2.72. The lowest BCUT2D eigenvalue weighted by Gasteiger charge is -2.10. The van der Waals surface area contributed by atoms with Gasteiger partial charge in [-0.3, -0.25) is 0 Å². The highest BCUT2D eigenvalue weighted by Crippen LogP contribution is 2.30. The Morgan fingerprint density at radius 2 is 2.16 bits per heavy atom. The topological polar surface area (TPSA) is 57.4 Å². The molecule has 19 heavy (non-hydrogen) atoms. The van der Waals surface area contributed by atoms with Crippen LogP contribution in [0.4, 0.5) is 10.1 Å². The number of thiazole rings is 1. The molecule has 2 rings (SSSR count). The Morgan fingerprint density at radius 1 is 1.37 bits per heavy atom. The zero-order chi connectivity index (χ0) is 13.8. The third-order valence-corrected chi connectivity index (χ3v) is 3.71. The maximum atomic E-state index is 13.6. The average Bonchev–Trinajstić information content (AvgIpc) is 2.78. The van der Waals surface area contributed by atoms with E-state index in [0.717, 1.165) is 10.6 Å². The van der Waals surface area contributed by atoms with Crippen LogP contribution in [-0.2, 0) is 6.42 Å². The highest BCUT2D eigenvalue weighted by Gasteiger charge is 2.10. The van der Waals surface area contributed by atoms with Crippen molar-refractivity contribution in [3.63, 3.8) is 0 Å². The van der Waals surface area contributed by atoms with Crippen LogP contribution in [-0.4, -0.2) is 18.7 Å². The summed E-state index contributed by atoms with van der Waals surface area (Å²) in [6.07, 6.45) is 0.697. The Kier molecular flexibility index (Phi) is 4.21. The van der Waals surface area contributed by atoms with Crippen LogP contribution in [0.5, 0.6) is 11.5 Å². The number of aryl methyl sites for hydroxylation is 1. The second-order valence-electron chi connectivity index (χ2n) is 3.98. The molecule has 102 valence electrons. The number of nitrogens with zero attached hydrogens (tertiary/aromatic N) is 1. The molecule has 6 heteroatoms. The van der Waals surface area contributed by atoms with Gasteiger partial charge < -0.3 is 15.2 Å². The molecule has 0 aliphatic heterocycles. The quantitative estimate of drug-likeness (QED) is 0.857. The number of halogens is 1. The molecular weight excluding hydrogens is 267 g/mol. The van der Waals surface area contributed by atoms with Gasteiger partial charge in [0, 0.05) is 23.4 Å². The van der Waals surface area contributed by atoms with E-state index in [1.807, 2.05) is 6.92 Å². The van der Waals surface area contributed by atoms with Crippen molar-refractivity contribution in [1.82, 2.24) is 4.98 Å². The van der Waals surface area contributed by atoms with Gasteiger partial charge in [-0.05, 0) is 6.92 Å². The van der Waals surface area contributed by atoms with E-state index in [4.69, 9.17) is 15.2 Å². The first-order chi connectivity index (χ1) is 9.11. The van der Waals surface area contributed by atoms with Gasteiger partial charge in [0.2, 0.25) is 0 Å². The van der Waals surface area contributed by atoms with Gasteiger partial charge in [0.25, 0.3) is 0 Å². The van der Waals surface area contributed by atoms with Gasteiger partial charge in [0.15, 0.2) is 11.6 Å². The van der Waals surface area contributed by atoms with E-state index < -0.39 is 5.82 Å². The lowest BCUT2D eigenvalue weighted by Crippen LogP contribution is -2.04. The molecule has 0 atom stereocenters. The summed E-state index contributed by atoms with van der Waals surface area (Å²) < 4.78 is 24.1. The molecule has 0 unspecified atom stereocenters. The fraction of sp³-hybridized carbons (Fsp3) is 0.308. The van der Waals surface area contributed by atoms with Crippen molar-refractivity contribution in [3.8, 4) is 11.5 Å². The van der Waals surface area contributed by atoms with E-state index in [0.29, 0.717) is 18.8 Å². The fourth-order valence-corrected chi connectivity index (χ4v) is 2.42. The van der Waals surface area contributed by atoms with Gasteiger partial charge in [0.05, 0.1) is 30.6 Å². The first kappa shape index (κ1) is 13.6. The van der Waals surface area contributed by atoms with Gasteiger partial charge in [-0.25, -0.2) is 9.37 Å². The van der Waals surface area contributed by atoms with E-state index in [9.17, 15) is 4.39 Å². The minimum absolute atomic E-state index is 0.146. The van der Waals surface area contributed by atoms with Crippen molar-refractivity contribution < 1.29 is 13.9 Å². The van der Waals surface area contributed by atoms with Crippen LogP contribution in [0.15, 0.2) is 17.6 Å². The summed E-state index contributed by atoms with van der Waals surface area (Å²) in [6.45, 7) is 2.33. The average molecular weight is 282 g/mol. The van der Waals surface area contributed by atoms with Crippen LogP contribution in [0.1, 0.15) is 10.6 Å². The zero-order valence-electron chi connectivity index (χ0n) is 10.8. The van der Waals surface area contributed by atoms with E-state index in [-0.39, 0.29) is 11.4 Å². The van der Waals surface area contributed by atoms with Crippen molar-refractivity contribution in [2.45, 2.75) is 13.3 Å². The summed E-state index contributed by atoms with van der Waals surface area (Å²) in [5, 5.41) is 0. The number of aromatic nitrogens is 1. The molecule has 1 aromatic heterocycles. The van der Waals surface area contributed by atoms with Crippen molar-refractivity contribution in [3.05, 3.63) is 34.0 Å². The molecule has 0 saturated heterocycles. The van der Waals surface area contributed by atoms with E-state index in [1.165, 1.54) is 19.2 Å². The molecule has 0 fully saturated rings. The molecule has 4 nitrogen and oxygen atoms in total. The van der Waals surface area contributed by atoms with Crippen LogP contribution in [0.3, 0.4) is 0 Å². The number of hydrogen-bond acceptors (Lipinski definition) is 5. The largest absolute Gasteiger partial charge is 0.494 e. The number of benzene rings is 1. The Hall–Kier alpha value is -1.82. The van der Waals surface area contributed by atoms with Gasteiger partial charge >= 0.3 is 0 Å². The molecule has 1 heterocycles. The molecule has 0 amide bonds. The third kappa shape index (κ3) is 3.14. The number of hydrogen-bond donors (Lipinski definition) is 1. The standard InChI is InChI=1S/C13H15FN2O2S/c1-8-13(19-7-16-8)3-4-18-11-6-12(17-2)10(15)5-9(11)14/h5-7H,3-4,15H2,1-2H3. The molecular formula is C13H15FN2O2S. The predicted octanol–water partition coefficient (Wildman–Crippen LogP) is 2.80. The number of methoxy groups -OCH3 is 1. The van der Waals surface area contributed by atoms with Crippen molar-refractivity contribution in [1.29, 1.82) is 0 Å². The number of anilines is 1. The molecule has 0 spiro atoms. The summed E-state index contributed by atoms with van der Waals surface area (Å²) in [7, 11) is 1.48. The van der Waals surface area contributed by atoms with E-state index >= 15 is 0 Å². The minimum Gasteiger partial charge on any atom is -0.494 e. The number of rotatable bonds is 5. The number of nitrogens with two attached hydrogens (primary N) is 1. The molecule has 1 aromatic carbocycles. The van der Waals surface area contributed by atoms with Crippen molar-refractivity contribution in [2.24, 2.45) is 0 Å². The van der Waals surface area contributed by atoms with Crippen LogP contribution in [0.2, 0.25) is 0 Å². The molecule has 2 N–H and O–H groups in total. The summed E-state index contributed by atoms with van der Waals surface area (Å²) in [5.74, 6) is 0.0675. The fourth-order valence-electron chi connectivity index (χ4n) is 1.66. The highest BCUT2D eigenvalue weighted by atomic mass is 32.1.